The van der Waals surface area contributed by atoms with Crippen molar-refractivity contribution < 1.29 is 63.0 Å². The second kappa shape index (κ2) is 30.8. The summed E-state index contributed by atoms with van der Waals surface area (Å²) in [6.45, 7) is -0.349. The molecule has 1 saturated heterocycles. The highest BCUT2D eigenvalue weighted by molar-refractivity contribution is 7.80. The summed E-state index contributed by atoms with van der Waals surface area (Å²) in [7, 11) is 0. The molecule has 0 unspecified atom stereocenters. The van der Waals surface area contributed by atoms with E-state index in [2.05, 4.69) is 62.5 Å². The van der Waals surface area contributed by atoms with Crippen molar-refractivity contribution in [2.45, 2.75) is 113 Å². The predicted octanol–water partition coefficient (Wildman–Crippen LogP) is -4.27. The Hall–Kier alpha value is -6.97. The van der Waals surface area contributed by atoms with Gasteiger partial charge in [-0.1, -0.05) is 42.5 Å². The second-order valence-electron chi connectivity index (χ2n) is 17.2. The molecule has 1 heterocycles. The van der Waals surface area contributed by atoms with Gasteiger partial charge in [-0.2, -0.15) is 25.3 Å². The lowest BCUT2D eigenvalue weighted by atomic mass is 10.0. The van der Waals surface area contributed by atoms with Crippen molar-refractivity contribution in [3.05, 3.63) is 65.7 Å². The average molecular weight is 1060 g/mol. The average Bonchev–Trinajstić information content (AvgIpc) is 3.86. The summed E-state index contributed by atoms with van der Waals surface area (Å²) >= 11 is 8.29. The van der Waals surface area contributed by atoms with Crippen LogP contribution in [0.1, 0.15) is 62.5 Å². The molecule has 0 bridgehead atoms. The molecule has 8 atom stereocenters. The van der Waals surface area contributed by atoms with Crippen LogP contribution in [0.3, 0.4) is 0 Å². The van der Waals surface area contributed by atoms with Crippen LogP contribution in [0.25, 0.3) is 0 Å². The van der Waals surface area contributed by atoms with Crippen LogP contribution >= 0.6 is 25.3 Å². The fourth-order valence-corrected chi connectivity index (χ4v) is 7.97. The van der Waals surface area contributed by atoms with Crippen LogP contribution in [0.2, 0.25) is 0 Å². The number of nitrogens with two attached hydrogens (primary N) is 4. The lowest BCUT2D eigenvalue weighted by Crippen LogP contribution is -2.61. The summed E-state index contributed by atoms with van der Waals surface area (Å²) in [6.07, 6.45) is -0.497. The van der Waals surface area contributed by atoms with Crippen LogP contribution in [0, 0.1) is 0 Å². The Labute approximate surface area is 432 Å². The van der Waals surface area contributed by atoms with E-state index in [9.17, 15) is 57.8 Å². The van der Waals surface area contributed by atoms with Gasteiger partial charge in [0.25, 0.3) is 0 Å². The highest BCUT2D eigenvalue weighted by Crippen LogP contribution is 2.20. The van der Waals surface area contributed by atoms with E-state index < -0.39 is 139 Å². The van der Waals surface area contributed by atoms with Crippen LogP contribution in [-0.4, -0.2) is 160 Å². The first-order valence-electron chi connectivity index (χ1n) is 23.4. The van der Waals surface area contributed by atoms with Crippen molar-refractivity contribution in [2.75, 3.05) is 31.1 Å². The van der Waals surface area contributed by atoms with Crippen molar-refractivity contribution in [1.82, 2.24) is 42.1 Å². The highest BCUT2D eigenvalue weighted by atomic mass is 32.1. The maximum Gasteiger partial charge on any atom is 0.322 e. The van der Waals surface area contributed by atoms with Gasteiger partial charge < -0.3 is 75.3 Å². The van der Waals surface area contributed by atoms with E-state index in [4.69, 9.17) is 28.0 Å². The number of phenolic OH excluding ortho intramolecular Hbond substituents is 1. The molecule has 3 rings (SSSR count). The monoisotopic (exact) mass is 1060 g/mol. The standard InChI is InChI=1S/C46H66N12O13S2/c47-17-5-4-9-29(40(65)51-22-38(62)63)53-45(70)35-10-6-18-58(35)46(71)34(24-73)57-44(69)33(21-37(50)61)56-41(66)30(15-16-36(49)60)52-42(67)32(19-25-7-2-1-3-8-25)55-43(68)31(54-39(64)28(48)23-72)20-26-11-13-27(59)14-12-26/h1-3,7-8,11-14,28-35,59,72-73H,4-6,9-10,15-24,47-48H2,(H2,49,60)(H2,50,61)(H,51,65)(H,52,67)(H,53,70)(H,54,64)(H,55,68)(H,56,66)(H,57,69)(H,62,63)/t28-,29-,30-,31-,32-,33-,34-,35-/m0/s1. The molecule has 2 aromatic rings. The largest absolute Gasteiger partial charge is 0.508 e. The first-order valence-corrected chi connectivity index (χ1v) is 24.6. The first-order chi connectivity index (χ1) is 34.7. The Morgan fingerprint density at radius 3 is 1.73 bits per heavy atom. The van der Waals surface area contributed by atoms with Crippen LogP contribution in [-0.2, 0) is 65.6 Å². The Morgan fingerprint density at radius 1 is 0.630 bits per heavy atom. The van der Waals surface area contributed by atoms with Gasteiger partial charge in [-0.15, -0.1) is 0 Å². The fourth-order valence-electron chi connectivity index (χ4n) is 7.56. The minimum Gasteiger partial charge on any atom is -0.508 e. The van der Waals surface area contributed by atoms with Gasteiger partial charge in [0, 0.05) is 37.3 Å². The lowest BCUT2D eigenvalue weighted by Gasteiger charge is -2.30. The van der Waals surface area contributed by atoms with Crippen molar-refractivity contribution >= 4 is 90.3 Å². The molecule has 400 valence electrons. The molecule has 10 amide bonds. The molecule has 1 aliphatic rings. The number of unbranched alkanes of at least 4 members (excludes halogenated alkanes) is 1. The smallest absolute Gasteiger partial charge is 0.322 e. The number of benzene rings is 2. The Morgan fingerprint density at radius 2 is 1.16 bits per heavy atom. The van der Waals surface area contributed by atoms with Gasteiger partial charge >= 0.3 is 5.97 Å². The number of amides is 10. The second-order valence-corrected chi connectivity index (χ2v) is 17.9. The zero-order valence-electron chi connectivity index (χ0n) is 40.0. The molecular weight excluding hydrogens is 993 g/mol. The molecule has 0 saturated carbocycles. The van der Waals surface area contributed by atoms with Crippen molar-refractivity contribution in [3.8, 4) is 5.75 Å². The minimum atomic E-state index is -1.79. The van der Waals surface area contributed by atoms with Crippen LogP contribution in [0.5, 0.6) is 5.75 Å². The number of aliphatic carboxylic acids is 1. The number of carboxylic acid groups (broad SMARTS) is 1. The molecule has 0 spiro atoms. The van der Waals surface area contributed by atoms with Crippen molar-refractivity contribution in [3.63, 3.8) is 0 Å². The van der Waals surface area contributed by atoms with E-state index in [1.54, 1.807) is 30.3 Å². The third-order valence-corrected chi connectivity index (χ3v) is 12.2. The molecule has 17 N–H and O–H groups in total. The van der Waals surface area contributed by atoms with Crippen molar-refractivity contribution in [1.29, 1.82) is 0 Å². The van der Waals surface area contributed by atoms with Gasteiger partial charge in [0.1, 0.15) is 54.6 Å². The highest BCUT2D eigenvalue weighted by Gasteiger charge is 2.40. The Bertz CT molecular complexity index is 2260. The molecule has 1 fully saturated rings. The predicted molar refractivity (Wildman–Crippen MR) is 270 cm³/mol. The quantitative estimate of drug-likeness (QED) is 0.0251. The first kappa shape index (κ1) is 60.3. The molecule has 2 aromatic carbocycles. The molecular formula is C46H66N12O13S2. The number of carbonyl (C=O) groups is 11. The molecule has 1 aliphatic heterocycles. The topological polar surface area (TPSA) is 420 Å². The molecule has 27 heteroatoms. The van der Waals surface area contributed by atoms with E-state index in [0.717, 1.165) is 0 Å². The number of nitrogens with one attached hydrogen (secondary N) is 7. The maximum absolute atomic E-state index is 14.3. The summed E-state index contributed by atoms with van der Waals surface area (Å²) in [5.74, 6) is -10.8. The molecule has 0 aromatic heterocycles. The number of phenols is 1. The third kappa shape index (κ3) is 20.6. The van der Waals surface area contributed by atoms with Crippen LogP contribution < -0.4 is 60.2 Å². The van der Waals surface area contributed by atoms with Gasteiger partial charge in [-0.25, -0.2) is 0 Å². The van der Waals surface area contributed by atoms with E-state index in [1.165, 1.54) is 29.2 Å². The lowest BCUT2D eigenvalue weighted by molar-refractivity contribution is -0.142. The summed E-state index contributed by atoms with van der Waals surface area (Å²) in [6, 6.07) is 3.09. The summed E-state index contributed by atoms with van der Waals surface area (Å²) < 4.78 is 0. The van der Waals surface area contributed by atoms with Gasteiger partial charge in [0.15, 0.2) is 0 Å². The fraction of sp³-hybridized carbons (Fsp3) is 0.500. The summed E-state index contributed by atoms with van der Waals surface area (Å²) in [5, 5.41) is 36.1. The van der Waals surface area contributed by atoms with Gasteiger partial charge in [0.2, 0.25) is 59.1 Å². The zero-order valence-corrected chi connectivity index (χ0v) is 41.7. The number of aromatic hydroxyl groups is 1. The van der Waals surface area contributed by atoms with Crippen LogP contribution in [0.4, 0.5) is 0 Å². The number of rotatable bonds is 31. The maximum atomic E-state index is 14.3. The summed E-state index contributed by atoms with van der Waals surface area (Å²) in [4.78, 5) is 146. The number of thiol groups is 2. The Kier molecular flexibility index (Phi) is 25.5. The number of hydrogen-bond donors (Lipinski definition) is 15. The molecule has 25 nitrogen and oxygen atoms in total. The molecule has 0 radical (unpaired) electrons. The number of primary amides is 2. The molecule has 73 heavy (non-hydrogen) atoms. The van der Waals surface area contributed by atoms with Crippen LogP contribution in [0.15, 0.2) is 54.6 Å². The zero-order chi connectivity index (χ0) is 54.2. The Balaban J connectivity index is 1.86. The summed E-state index contributed by atoms with van der Waals surface area (Å²) in [5.41, 5.74) is 23.4. The number of carbonyl (C=O) groups excluding carboxylic acids is 10. The number of hydrogen-bond acceptors (Lipinski definition) is 16. The van der Waals surface area contributed by atoms with Gasteiger partial charge in [-0.3, -0.25) is 52.7 Å². The van der Waals surface area contributed by atoms with E-state index in [1.807, 2.05) is 0 Å². The molecule has 0 aliphatic carbocycles. The number of nitrogens with zero attached hydrogens (tertiary/aromatic N) is 1. The van der Waals surface area contributed by atoms with E-state index >= 15 is 0 Å². The third-order valence-electron chi connectivity index (χ3n) is 11.4. The normalized spacial score (nSPS) is 15.9. The van der Waals surface area contributed by atoms with E-state index in [0.29, 0.717) is 36.9 Å². The van der Waals surface area contributed by atoms with Crippen molar-refractivity contribution in [2.24, 2.45) is 22.9 Å². The van der Waals surface area contributed by atoms with Gasteiger partial charge in [-0.05, 0) is 68.3 Å². The number of likely N-dealkylation sites (tertiary alicyclic amines) is 1. The number of carboxylic acids is 1. The van der Waals surface area contributed by atoms with Gasteiger partial charge in [0.05, 0.1) is 12.5 Å². The SMILES string of the molecule is NCCCC[C@H](NC(=O)[C@@H]1CCCN1C(=O)[C@H](CS)NC(=O)[C@H](CC(N)=O)NC(=O)[C@H](CCC(N)=O)NC(=O)[C@H](Cc1ccccc1)NC(=O)[C@H](Cc1ccc(O)cc1)NC(=O)[C@@H](N)CS)C(=O)NCC(=O)O. The van der Waals surface area contributed by atoms with E-state index in [-0.39, 0.29) is 49.5 Å². The minimum absolute atomic E-state index is 0.0481.